The average molecular weight is 350 g/mol. The maximum atomic E-state index is 12.4. The Bertz CT molecular complexity index is 892. The van der Waals surface area contributed by atoms with Crippen molar-refractivity contribution in [1.82, 2.24) is 20.4 Å². The van der Waals surface area contributed by atoms with E-state index in [4.69, 9.17) is 5.73 Å². The van der Waals surface area contributed by atoms with Crippen LogP contribution < -0.4 is 11.2 Å². The minimum absolute atomic E-state index is 0.224. The molecule has 26 heavy (non-hydrogen) atoms. The van der Waals surface area contributed by atoms with Gasteiger partial charge >= 0.3 is 0 Å². The lowest BCUT2D eigenvalue weighted by atomic mass is 9.77. The Morgan fingerprint density at radius 2 is 2.19 bits per heavy atom. The number of hydrazone groups is 1. The van der Waals surface area contributed by atoms with Crippen molar-refractivity contribution < 1.29 is 4.79 Å². The Morgan fingerprint density at radius 1 is 1.35 bits per heavy atom. The molecular weight excluding hydrogens is 328 g/mol. The van der Waals surface area contributed by atoms with Gasteiger partial charge in [0, 0.05) is 23.8 Å². The van der Waals surface area contributed by atoms with Crippen molar-refractivity contribution in [3.8, 4) is 0 Å². The third-order valence-corrected chi connectivity index (χ3v) is 5.16. The zero-order chi connectivity index (χ0) is 18.1. The van der Waals surface area contributed by atoms with Crippen LogP contribution in [0.25, 0.3) is 6.08 Å². The lowest BCUT2D eigenvalue weighted by molar-refractivity contribution is -0.116. The topological polar surface area (TPSA) is 109 Å². The molecule has 1 fully saturated rings. The summed E-state index contributed by atoms with van der Waals surface area (Å²) in [5.74, 6) is 0.313. The summed E-state index contributed by atoms with van der Waals surface area (Å²) in [6.45, 7) is 2.68. The van der Waals surface area contributed by atoms with Crippen LogP contribution in [0.2, 0.25) is 0 Å². The van der Waals surface area contributed by atoms with Gasteiger partial charge in [-0.2, -0.15) is 5.10 Å². The van der Waals surface area contributed by atoms with Crippen molar-refractivity contribution in [3.63, 3.8) is 0 Å². The lowest BCUT2D eigenvalue weighted by Gasteiger charge is -2.27. The van der Waals surface area contributed by atoms with Crippen molar-refractivity contribution in [1.29, 1.82) is 0 Å². The number of rotatable bonds is 5. The highest BCUT2D eigenvalue weighted by Gasteiger charge is 2.30. The van der Waals surface area contributed by atoms with Gasteiger partial charge in [0.15, 0.2) is 0 Å². The molecular formula is C19H22N6O. The zero-order valence-electron chi connectivity index (χ0n) is 14.7. The van der Waals surface area contributed by atoms with Crippen LogP contribution in [0.15, 0.2) is 29.3 Å². The van der Waals surface area contributed by atoms with Crippen LogP contribution in [-0.2, 0) is 11.2 Å². The first-order valence-corrected chi connectivity index (χ1v) is 8.97. The van der Waals surface area contributed by atoms with E-state index < -0.39 is 0 Å². The molecule has 0 atom stereocenters. The van der Waals surface area contributed by atoms with Gasteiger partial charge in [0.1, 0.15) is 11.4 Å². The standard InChI is InChI=1S/C19H22N6O/c1-11-13(5-6-20)17(12-3-2-4-12)15(23-11)9-14-18(24-25-19(14)26)16-10-21-7-8-22-16/h7-10,12,23H,2-6,20H2,1H3,(H,25,26)/b14-9+. The lowest BCUT2D eigenvalue weighted by Crippen LogP contribution is -2.16. The van der Waals surface area contributed by atoms with E-state index in [0.717, 1.165) is 17.8 Å². The number of nitrogens with zero attached hydrogens (tertiary/aromatic N) is 3. The summed E-state index contributed by atoms with van der Waals surface area (Å²) < 4.78 is 0. The van der Waals surface area contributed by atoms with Gasteiger partial charge in [-0.25, -0.2) is 5.43 Å². The SMILES string of the molecule is Cc1[nH]c(/C=C2/C(=O)NN=C2c2cnccn2)c(C2CCC2)c1CCN. The second-order valence-electron chi connectivity index (χ2n) is 6.77. The van der Waals surface area contributed by atoms with E-state index in [0.29, 0.717) is 29.4 Å². The predicted molar refractivity (Wildman–Crippen MR) is 99.6 cm³/mol. The molecule has 2 aromatic heterocycles. The molecule has 1 amide bonds. The van der Waals surface area contributed by atoms with Crippen molar-refractivity contribution in [2.75, 3.05) is 6.54 Å². The minimum Gasteiger partial charge on any atom is -0.359 e. The number of hydrogen-bond donors (Lipinski definition) is 3. The fraction of sp³-hybridized carbons (Fsp3) is 0.368. The summed E-state index contributed by atoms with van der Waals surface area (Å²) in [7, 11) is 0. The monoisotopic (exact) mass is 350 g/mol. The number of nitrogens with two attached hydrogens (primary N) is 1. The number of nitrogens with one attached hydrogen (secondary N) is 2. The molecule has 134 valence electrons. The van der Waals surface area contributed by atoms with Crippen LogP contribution >= 0.6 is 0 Å². The summed E-state index contributed by atoms with van der Waals surface area (Å²) in [6.07, 6.45) is 11.2. The number of hydrogen-bond acceptors (Lipinski definition) is 5. The number of aromatic amines is 1. The van der Waals surface area contributed by atoms with Crippen molar-refractivity contribution >= 4 is 17.7 Å². The van der Waals surface area contributed by atoms with Crippen LogP contribution in [0.4, 0.5) is 0 Å². The smallest absolute Gasteiger partial charge is 0.273 e. The van der Waals surface area contributed by atoms with Crippen LogP contribution in [0.1, 0.15) is 53.4 Å². The third-order valence-electron chi connectivity index (χ3n) is 5.16. The molecule has 0 unspecified atom stereocenters. The summed E-state index contributed by atoms with van der Waals surface area (Å²) in [5.41, 5.74) is 14.7. The molecule has 0 aromatic carbocycles. The third kappa shape index (κ3) is 2.84. The average Bonchev–Trinajstić information content (AvgIpc) is 3.10. The number of H-pyrrole nitrogens is 1. The largest absolute Gasteiger partial charge is 0.359 e. The maximum absolute atomic E-state index is 12.4. The molecule has 1 saturated carbocycles. The summed E-state index contributed by atoms with van der Waals surface area (Å²) in [6, 6.07) is 0. The van der Waals surface area contributed by atoms with Gasteiger partial charge in [0.05, 0.1) is 11.8 Å². The Morgan fingerprint density at radius 3 is 2.85 bits per heavy atom. The van der Waals surface area contributed by atoms with E-state index in [2.05, 4.69) is 32.4 Å². The number of carbonyl (C=O) groups is 1. The van der Waals surface area contributed by atoms with E-state index in [-0.39, 0.29) is 5.91 Å². The molecule has 2 aliphatic rings. The molecule has 0 saturated heterocycles. The number of amides is 1. The molecule has 7 nitrogen and oxygen atoms in total. The van der Waals surface area contributed by atoms with Crippen LogP contribution in [0.5, 0.6) is 0 Å². The fourth-order valence-corrected chi connectivity index (χ4v) is 3.68. The van der Waals surface area contributed by atoms with E-state index in [9.17, 15) is 4.79 Å². The number of carbonyl (C=O) groups excluding carboxylic acids is 1. The van der Waals surface area contributed by atoms with E-state index in [1.807, 2.05) is 6.08 Å². The van der Waals surface area contributed by atoms with Gasteiger partial charge in [-0.15, -0.1) is 0 Å². The molecule has 0 bridgehead atoms. The van der Waals surface area contributed by atoms with Gasteiger partial charge in [-0.05, 0) is 55.9 Å². The normalized spacial score (nSPS) is 18.8. The molecule has 0 spiro atoms. The fourth-order valence-electron chi connectivity index (χ4n) is 3.68. The highest BCUT2D eigenvalue weighted by molar-refractivity contribution is 6.32. The molecule has 7 heteroatoms. The zero-order valence-corrected chi connectivity index (χ0v) is 14.7. The Labute approximate surface area is 151 Å². The Hall–Kier alpha value is -2.80. The first-order chi connectivity index (χ1) is 12.7. The van der Waals surface area contributed by atoms with Crippen LogP contribution in [-0.4, -0.2) is 33.1 Å². The van der Waals surface area contributed by atoms with E-state index in [1.165, 1.54) is 30.4 Å². The molecule has 3 heterocycles. The minimum atomic E-state index is -0.224. The van der Waals surface area contributed by atoms with Gasteiger partial charge in [-0.1, -0.05) is 6.42 Å². The van der Waals surface area contributed by atoms with Crippen LogP contribution in [0.3, 0.4) is 0 Å². The van der Waals surface area contributed by atoms with E-state index >= 15 is 0 Å². The quantitative estimate of drug-likeness (QED) is 0.714. The highest BCUT2D eigenvalue weighted by atomic mass is 16.2. The Kier molecular flexibility index (Phi) is 4.38. The summed E-state index contributed by atoms with van der Waals surface area (Å²) in [5, 5.41) is 4.15. The van der Waals surface area contributed by atoms with Gasteiger partial charge in [0.25, 0.3) is 5.91 Å². The molecule has 2 aromatic rings. The highest BCUT2D eigenvalue weighted by Crippen LogP contribution is 2.41. The first kappa shape index (κ1) is 16.7. The molecule has 0 radical (unpaired) electrons. The van der Waals surface area contributed by atoms with Crippen LogP contribution in [0, 0.1) is 6.92 Å². The van der Waals surface area contributed by atoms with Gasteiger partial charge < -0.3 is 10.7 Å². The van der Waals surface area contributed by atoms with Gasteiger partial charge in [-0.3, -0.25) is 14.8 Å². The van der Waals surface area contributed by atoms with Crippen molar-refractivity contribution in [2.24, 2.45) is 10.8 Å². The predicted octanol–water partition coefficient (Wildman–Crippen LogP) is 1.80. The summed E-state index contributed by atoms with van der Waals surface area (Å²) >= 11 is 0. The first-order valence-electron chi connectivity index (χ1n) is 8.97. The number of aryl methyl sites for hydroxylation is 1. The number of aromatic nitrogens is 3. The molecule has 4 rings (SSSR count). The van der Waals surface area contributed by atoms with Crippen molar-refractivity contribution in [3.05, 3.63) is 52.4 Å². The summed E-state index contributed by atoms with van der Waals surface area (Å²) in [4.78, 5) is 24.2. The molecule has 1 aliphatic heterocycles. The molecule has 1 aliphatic carbocycles. The van der Waals surface area contributed by atoms with Gasteiger partial charge in [0.2, 0.25) is 0 Å². The Balaban J connectivity index is 1.78. The van der Waals surface area contributed by atoms with E-state index in [1.54, 1.807) is 18.6 Å². The van der Waals surface area contributed by atoms with Crippen molar-refractivity contribution in [2.45, 2.75) is 38.5 Å². The maximum Gasteiger partial charge on any atom is 0.273 e. The second-order valence-corrected chi connectivity index (χ2v) is 6.77. The second kappa shape index (κ2) is 6.84. The molecule has 4 N–H and O–H groups in total.